The number of fused-ring (bicyclic) bond motifs is 1. The standard InChI is InChI=1S/C10H12N2O/c11-10(12-13)9-5-4-7-2-1-3-8(7)6-9/h4-6,13H,1-3H2,(H2,11,12). The van der Waals surface area contributed by atoms with E-state index in [9.17, 15) is 0 Å². The Hall–Kier alpha value is -1.51. The SMILES string of the molecule is NC(=NO)c1ccc2c(c1)CCC2. The van der Waals surface area contributed by atoms with Crippen LogP contribution in [0, 0.1) is 0 Å². The van der Waals surface area contributed by atoms with Crippen molar-refractivity contribution in [3.8, 4) is 0 Å². The van der Waals surface area contributed by atoms with Gasteiger partial charge in [0, 0.05) is 5.56 Å². The van der Waals surface area contributed by atoms with Crippen molar-refractivity contribution in [2.45, 2.75) is 19.3 Å². The maximum absolute atomic E-state index is 8.50. The molecule has 1 aromatic rings. The van der Waals surface area contributed by atoms with Crippen LogP contribution in [0.15, 0.2) is 23.4 Å². The Labute approximate surface area is 76.9 Å². The number of nitrogens with two attached hydrogens (primary N) is 1. The number of amidine groups is 1. The number of aryl methyl sites for hydroxylation is 2. The fourth-order valence-corrected chi connectivity index (χ4v) is 1.79. The summed E-state index contributed by atoms with van der Waals surface area (Å²) in [6.45, 7) is 0. The highest BCUT2D eigenvalue weighted by atomic mass is 16.4. The fourth-order valence-electron chi connectivity index (χ4n) is 1.79. The van der Waals surface area contributed by atoms with Crippen LogP contribution in [-0.4, -0.2) is 11.0 Å². The van der Waals surface area contributed by atoms with Crippen molar-refractivity contribution >= 4 is 5.84 Å². The second-order valence-electron chi connectivity index (χ2n) is 3.32. The molecule has 0 saturated heterocycles. The molecular formula is C10H12N2O. The van der Waals surface area contributed by atoms with Gasteiger partial charge < -0.3 is 10.9 Å². The zero-order valence-corrected chi connectivity index (χ0v) is 7.33. The Morgan fingerprint density at radius 3 is 2.85 bits per heavy atom. The maximum atomic E-state index is 8.50. The lowest BCUT2D eigenvalue weighted by Gasteiger charge is -2.02. The van der Waals surface area contributed by atoms with Gasteiger partial charge in [-0.15, -0.1) is 0 Å². The van der Waals surface area contributed by atoms with E-state index < -0.39 is 0 Å². The molecular weight excluding hydrogens is 164 g/mol. The van der Waals surface area contributed by atoms with E-state index in [1.54, 1.807) is 0 Å². The number of nitrogens with zero attached hydrogens (tertiary/aromatic N) is 1. The molecule has 68 valence electrons. The predicted molar refractivity (Wildman–Crippen MR) is 51.0 cm³/mol. The van der Waals surface area contributed by atoms with Gasteiger partial charge in [0.05, 0.1) is 0 Å². The van der Waals surface area contributed by atoms with Crippen molar-refractivity contribution in [3.05, 3.63) is 34.9 Å². The first-order chi connectivity index (χ1) is 6.31. The first-order valence-corrected chi connectivity index (χ1v) is 4.41. The van der Waals surface area contributed by atoms with E-state index in [4.69, 9.17) is 10.9 Å². The molecule has 0 amide bonds. The Morgan fingerprint density at radius 2 is 2.08 bits per heavy atom. The van der Waals surface area contributed by atoms with Gasteiger partial charge in [0.2, 0.25) is 0 Å². The number of hydrogen-bond donors (Lipinski definition) is 2. The molecule has 0 bridgehead atoms. The van der Waals surface area contributed by atoms with E-state index >= 15 is 0 Å². The molecule has 0 saturated carbocycles. The highest BCUT2D eigenvalue weighted by Gasteiger charge is 2.11. The third-order valence-electron chi connectivity index (χ3n) is 2.50. The third-order valence-corrected chi connectivity index (χ3v) is 2.50. The molecule has 1 aliphatic rings. The van der Waals surface area contributed by atoms with Crippen molar-refractivity contribution in [2.24, 2.45) is 10.9 Å². The lowest BCUT2D eigenvalue weighted by Crippen LogP contribution is -2.13. The Morgan fingerprint density at radius 1 is 1.31 bits per heavy atom. The zero-order chi connectivity index (χ0) is 9.26. The van der Waals surface area contributed by atoms with E-state index in [1.165, 1.54) is 17.5 Å². The molecule has 3 N–H and O–H groups in total. The Bertz CT molecular complexity index is 358. The Balaban J connectivity index is 2.41. The van der Waals surface area contributed by atoms with Gasteiger partial charge in [-0.25, -0.2) is 0 Å². The van der Waals surface area contributed by atoms with Crippen LogP contribution in [-0.2, 0) is 12.8 Å². The first kappa shape index (κ1) is 8.10. The number of benzene rings is 1. The van der Waals surface area contributed by atoms with Crippen LogP contribution in [0.25, 0.3) is 0 Å². The lowest BCUT2D eigenvalue weighted by molar-refractivity contribution is 0.318. The second kappa shape index (κ2) is 3.09. The van der Waals surface area contributed by atoms with Gasteiger partial charge in [-0.05, 0) is 36.5 Å². The largest absolute Gasteiger partial charge is 0.409 e. The summed E-state index contributed by atoms with van der Waals surface area (Å²) in [7, 11) is 0. The van der Waals surface area contributed by atoms with E-state index in [0.717, 1.165) is 18.4 Å². The van der Waals surface area contributed by atoms with Crippen LogP contribution in [0.3, 0.4) is 0 Å². The summed E-state index contributed by atoms with van der Waals surface area (Å²) in [5, 5.41) is 11.5. The van der Waals surface area contributed by atoms with Crippen LogP contribution in [0.1, 0.15) is 23.1 Å². The van der Waals surface area contributed by atoms with Crippen molar-refractivity contribution in [2.75, 3.05) is 0 Å². The van der Waals surface area contributed by atoms with Gasteiger partial charge in [-0.3, -0.25) is 0 Å². The van der Waals surface area contributed by atoms with Crippen molar-refractivity contribution in [1.82, 2.24) is 0 Å². The van der Waals surface area contributed by atoms with Gasteiger partial charge in [-0.2, -0.15) is 0 Å². The van der Waals surface area contributed by atoms with Crippen molar-refractivity contribution < 1.29 is 5.21 Å². The minimum atomic E-state index is 0.190. The number of oxime groups is 1. The molecule has 1 aromatic carbocycles. The van der Waals surface area contributed by atoms with Crippen LogP contribution < -0.4 is 5.73 Å². The zero-order valence-electron chi connectivity index (χ0n) is 7.33. The van der Waals surface area contributed by atoms with Gasteiger partial charge in [0.25, 0.3) is 0 Å². The maximum Gasteiger partial charge on any atom is 0.170 e. The van der Waals surface area contributed by atoms with E-state index in [0.29, 0.717) is 0 Å². The van der Waals surface area contributed by atoms with Crippen LogP contribution in [0.2, 0.25) is 0 Å². The summed E-state index contributed by atoms with van der Waals surface area (Å²) < 4.78 is 0. The smallest absolute Gasteiger partial charge is 0.170 e. The Kier molecular flexibility index (Phi) is 1.93. The van der Waals surface area contributed by atoms with E-state index in [2.05, 4.69) is 11.2 Å². The summed E-state index contributed by atoms with van der Waals surface area (Å²) in [6, 6.07) is 5.98. The normalized spacial score (nSPS) is 15.8. The predicted octanol–water partition coefficient (Wildman–Crippen LogP) is 1.27. The molecule has 1 aliphatic carbocycles. The monoisotopic (exact) mass is 176 g/mol. The van der Waals surface area contributed by atoms with Crippen LogP contribution in [0.5, 0.6) is 0 Å². The molecule has 3 nitrogen and oxygen atoms in total. The highest BCUT2D eigenvalue weighted by molar-refractivity contribution is 5.97. The number of hydrogen-bond acceptors (Lipinski definition) is 2. The minimum absolute atomic E-state index is 0.190. The van der Waals surface area contributed by atoms with E-state index in [1.807, 2.05) is 12.1 Å². The van der Waals surface area contributed by atoms with Gasteiger partial charge in [0.15, 0.2) is 5.84 Å². The molecule has 0 aliphatic heterocycles. The highest BCUT2D eigenvalue weighted by Crippen LogP contribution is 2.22. The molecule has 0 spiro atoms. The minimum Gasteiger partial charge on any atom is -0.409 e. The summed E-state index contributed by atoms with van der Waals surface area (Å²) >= 11 is 0. The molecule has 0 fully saturated rings. The molecule has 0 unspecified atom stereocenters. The molecule has 3 heteroatoms. The summed E-state index contributed by atoms with van der Waals surface area (Å²) in [5.74, 6) is 0.190. The molecule has 0 radical (unpaired) electrons. The number of rotatable bonds is 1. The topological polar surface area (TPSA) is 58.6 Å². The third kappa shape index (κ3) is 1.37. The quantitative estimate of drug-likeness (QED) is 0.293. The average molecular weight is 176 g/mol. The van der Waals surface area contributed by atoms with Crippen LogP contribution >= 0.6 is 0 Å². The first-order valence-electron chi connectivity index (χ1n) is 4.41. The van der Waals surface area contributed by atoms with E-state index in [-0.39, 0.29) is 5.84 Å². The van der Waals surface area contributed by atoms with Crippen molar-refractivity contribution in [1.29, 1.82) is 0 Å². The van der Waals surface area contributed by atoms with Gasteiger partial charge in [-0.1, -0.05) is 17.3 Å². The average Bonchev–Trinajstić information content (AvgIpc) is 2.63. The lowest BCUT2D eigenvalue weighted by atomic mass is 10.1. The summed E-state index contributed by atoms with van der Waals surface area (Å²) in [5.41, 5.74) is 9.03. The van der Waals surface area contributed by atoms with Crippen LogP contribution in [0.4, 0.5) is 0 Å². The molecule has 0 aromatic heterocycles. The summed E-state index contributed by atoms with van der Waals surface area (Å²) in [6.07, 6.45) is 3.49. The second-order valence-corrected chi connectivity index (χ2v) is 3.32. The van der Waals surface area contributed by atoms with Gasteiger partial charge in [0.1, 0.15) is 0 Å². The summed E-state index contributed by atoms with van der Waals surface area (Å²) in [4.78, 5) is 0. The molecule has 0 atom stereocenters. The molecule has 0 heterocycles. The molecule has 13 heavy (non-hydrogen) atoms. The van der Waals surface area contributed by atoms with Crippen molar-refractivity contribution in [3.63, 3.8) is 0 Å². The fraction of sp³-hybridized carbons (Fsp3) is 0.300. The van der Waals surface area contributed by atoms with Gasteiger partial charge >= 0.3 is 0 Å². The molecule has 2 rings (SSSR count).